The largest absolute Gasteiger partial charge is 0.383 e. The number of nitrogens with two attached hydrogens (primary N) is 1. The molecule has 0 spiro atoms. The van der Waals surface area contributed by atoms with Crippen LogP contribution in [0.15, 0.2) is 4.60 Å². The predicted octanol–water partition coefficient (Wildman–Crippen LogP) is 0.666. The molecule has 1 aliphatic carbocycles. The third-order valence-corrected chi connectivity index (χ3v) is 3.62. The van der Waals surface area contributed by atoms with Crippen LogP contribution in [0.25, 0.3) is 0 Å². The van der Waals surface area contributed by atoms with Crippen LogP contribution in [0.4, 0.5) is 0 Å². The molecule has 2 rings (SSSR count). The van der Waals surface area contributed by atoms with E-state index in [0.29, 0.717) is 17.4 Å². The van der Waals surface area contributed by atoms with Gasteiger partial charge in [0.25, 0.3) is 0 Å². The first kappa shape index (κ1) is 11.0. The maximum atomic E-state index is 10.5. The number of aliphatic hydroxyl groups is 1. The highest BCUT2D eigenvalue weighted by molar-refractivity contribution is 9.10. The second-order valence-electron chi connectivity index (χ2n) is 4.22. The van der Waals surface area contributed by atoms with Crippen molar-refractivity contribution < 1.29 is 5.11 Å². The Labute approximate surface area is 96.8 Å². The van der Waals surface area contributed by atoms with Gasteiger partial charge in [0, 0.05) is 13.1 Å². The first-order valence-corrected chi connectivity index (χ1v) is 5.86. The second kappa shape index (κ2) is 3.84. The minimum Gasteiger partial charge on any atom is -0.383 e. The molecule has 0 radical (unpaired) electrons. The standard InChI is InChI=1S/C9H15BrN4O/c1-14-7(8(10)12-13-14)9(15)4-2-6(11)3-5-9/h6,15H,2-5,11H2,1H3. The molecule has 1 fully saturated rings. The summed E-state index contributed by atoms with van der Waals surface area (Å²) >= 11 is 3.32. The number of hydrogen-bond acceptors (Lipinski definition) is 4. The summed E-state index contributed by atoms with van der Waals surface area (Å²) in [6.45, 7) is 0. The molecule has 0 saturated heterocycles. The Bertz CT molecular complexity index is 337. The van der Waals surface area contributed by atoms with Gasteiger partial charge in [0.15, 0.2) is 4.60 Å². The molecular formula is C9H15BrN4O. The summed E-state index contributed by atoms with van der Waals surface area (Å²) in [5, 5.41) is 18.3. The number of aryl methyl sites for hydroxylation is 1. The summed E-state index contributed by atoms with van der Waals surface area (Å²) in [4.78, 5) is 0. The van der Waals surface area contributed by atoms with Crippen molar-refractivity contribution in [3.8, 4) is 0 Å². The SMILES string of the molecule is Cn1nnc(Br)c1C1(O)CCC(N)CC1. The molecule has 0 aromatic carbocycles. The number of nitrogens with zero attached hydrogens (tertiary/aromatic N) is 3. The van der Waals surface area contributed by atoms with Crippen LogP contribution in [-0.2, 0) is 12.6 Å². The summed E-state index contributed by atoms with van der Waals surface area (Å²) in [7, 11) is 1.79. The van der Waals surface area contributed by atoms with Crippen LogP contribution in [0.2, 0.25) is 0 Å². The van der Waals surface area contributed by atoms with Crippen molar-refractivity contribution in [2.75, 3.05) is 0 Å². The lowest BCUT2D eigenvalue weighted by Gasteiger charge is -2.34. The van der Waals surface area contributed by atoms with Gasteiger partial charge in [0.05, 0.1) is 0 Å². The molecule has 84 valence electrons. The fourth-order valence-electron chi connectivity index (χ4n) is 2.18. The van der Waals surface area contributed by atoms with Gasteiger partial charge in [-0.05, 0) is 41.6 Å². The Morgan fingerprint density at radius 3 is 2.60 bits per heavy atom. The molecule has 1 aliphatic rings. The monoisotopic (exact) mass is 274 g/mol. The normalized spacial score (nSPS) is 31.9. The van der Waals surface area contributed by atoms with Gasteiger partial charge in [-0.2, -0.15) is 0 Å². The Balaban J connectivity index is 2.30. The summed E-state index contributed by atoms with van der Waals surface area (Å²) in [5.41, 5.74) is 5.76. The highest BCUT2D eigenvalue weighted by atomic mass is 79.9. The van der Waals surface area contributed by atoms with E-state index in [2.05, 4.69) is 26.2 Å². The summed E-state index contributed by atoms with van der Waals surface area (Å²) in [6, 6.07) is 0.213. The highest BCUT2D eigenvalue weighted by Gasteiger charge is 2.38. The van der Waals surface area contributed by atoms with E-state index in [-0.39, 0.29) is 6.04 Å². The quantitative estimate of drug-likeness (QED) is 0.789. The van der Waals surface area contributed by atoms with Gasteiger partial charge in [-0.3, -0.25) is 0 Å². The molecule has 3 N–H and O–H groups in total. The molecule has 1 heterocycles. The molecule has 1 aromatic heterocycles. The molecule has 1 saturated carbocycles. The van der Waals surface area contributed by atoms with Crippen molar-refractivity contribution in [3.05, 3.63) is 10.3 Å². The highest BCUT2D eigenvalue weighted by Crippen LogP contribution is 2.38. The van der Waals surface area contributed by atoms with Crippen LogP contribution in [-0.4, -0.2) is 26.1 Å². The van der Waals surface area contributed by atoms with Gasteiger partial charge in [-0.15, -0.1) is 5.10 Å². The van der Waals surface area contributed by atoms with Crippen LogP contribution in [0.5, 0.6) is 0 Å². The van der Waals surface area contributed by atoms with Crippen LogP contribution in [0, 0.1) is 0 Å². The Kier molecular flexibility index (Phi) is 2.83. The number of halogens is 1. The van der Waals surface area contributed by atoms with Crippen LogP contribution in [0.3, 0.4) is 0 Å². The zero-order valence-electron chi connectivity index (χ0n) is 8.65. The van der Waals surface area contributed by atoms with Gasteiger partial charge in [-0.25, -0.2) is 4.68 Å². The van der Waals surface area contributed by atoms with Crippen LogP contribution in [0.1, 0.15) is 31.4 Å². The van der Waals surface area contributed by atoms with Crippen molar-refractivity contribution in [1.29, 1.82) is 0 Å². The average molecular weight is 275 g/mol. The molecule has 0 aliphatic heterocycles. The first-order valence-electron chi connectivity index (χ1n) is 5.06. The zero-order chi connectivity index (χ0) is 11.1. The number of rotatable bonds is 1. The lowest BCUT2D eigenvalue weighted by atomic mass is 9.80. The van der Waals surface area contributed by atoms with Gasteiger partial charge >= 0.3 is 0 Å². The minimum atomic E-state index is -0.826. The van der Waals surface area contributed by atoms with Gasteiger partial charge in [0.2, 0.25) is 0 Å². The Morgan fingerprint density at radius 2 is 2.13 bits per heavy atom. The van der Waals surface area contributed by atoms with E-state index in [1.54, 1.807) is 11.7 Å². The molecule has 1 aromatic rings. The molecule has 15 heavy (non-hydrogen) atoms. The van der Waals surface area contributed by atoms with E-state index < -0.39 is 5.60 Å². The Hall–Kier alpha value is -0.460. The number of aromatic nitrogens is 3. The molecule has 0 unspecified atom stereocenters. The van der Waals surface area contributed by atoms with Gasteiger partial charge < -0.3 is 10.8 Å². The summed E-state index contributed by atoms with van der Waals surface area (Å²) in [5.74, 6) is 0. The van der Waals surface area contributed by atoms with Crippen LogP contribution < -0.4 is 5.73 Å². The maximum absolute atomic E-state index is 10.5. The minimum absolute atomic E-state index is 0.213. The molecule has 0 amide bonds. The fraction of sp³-hybridized carbons (Fsp3) is 0.778. The average Bonchev–Trinajstić information content (AvgIpc) is 2.52. The van der Waals surface area contributed by atoms with E-state index in [1.807, 2.05) is 0 Å². The fourth-order valence-corrected chi connectivity index (χ4v) is 2.88. The summed E-state index contributed by atoms with van der Waals surface area (Å²) < 4.78 is 2.25. The van der Waals surface area contributed by atoms with Crippen molar-refractivity contribution >= 4 is 15.9 Å². The molecule has 6 heteroatoms. The molecular weight excluding hydrogens is 260 g/mol. The maximum Gasteiger partial charge on any atom is 0.154 e. The van der Waals surface area contributed by atoms with E-state index >= 15 is 0 Å². The van der Waals surface area contributed by atoms with Gasteiger partial charge in [-0.1, -0.05) is 5.21 Å². The Morgan fingerprint density at radius 1 is 1.53 bits per heavy atom. The molecule has 5 nitrogen and oxygen atoms in total. The van der Waals surface area contributed by atoms with Crippen LogP contribution >= 0.6 is 15.9 Å². The molecule has 0 atom stereocenters. The smallest absolute Gasteiger partial charge is 0.154 e. The number of hydrogen-bond donors (Lipinski definition) is 2. The van der Waals surface area contributed by atoms with Crippen molar-refractivity contribution in [2.45, 2.75) is 37.3 Å². The second-order valence-corrected chi connectivity index (χ2v) is 4.97. The zero-order valence-corrected chi connectivity index (χ0v) is 10.2. The molecule has 0 bridgehead atoms. The van der Waals surface area contributed by atoms with Crippen molar-refractivity contribution in [3.63, 3.8) is 0 Å². The third kappa shape index (κ3) is 1.93. The van der Waals surface area contributed by atoms with E-state index in [0.717, 1.165) is 18.5 Å². The first-order chi connectivity index (χ1) is 7.03. The predicted molar refractivity (Wildman–Crippen MR) is 59.0 cm³/mol. The lowest BCUT2D eigenvalue weighted by molar-refractivity contribution is -0.0128. The summed E-state index contributed by atoms with van der Waals surface area (Å²) in [6.07, 6.45) is 3.03. The van der Waals surface area contributed by atoms with Crippen molar-refractivity contribution in [1.82, 2.24) is 15.0 Å². The van der Waals surface area contributed by atoms with E-state index in [9.17, 15) is 5.11 Å². The van der Waals surface area contributed by atoms with Crippen molar-refractivity contribution in [2.24, 2.45) is 12.8 Å². The van der Waals surface area contributed by atoms with E-state index in [4.69, 9.17) is 5.73 Å². The topological polar surface area (TPSA) is 77.0 Å². The third-order valence-electron chi connectivity index (χ3n) is 3.08. The van der Waals surface area contributed by atoms with Gasteiger partial charge in [0.1, 0.15) is 11.3 Å². The lowest BCUT2D eigenvalue weighted by Crippen LogP contribution is -2.38. The van der Waals surface area contributed by atoms with E-state index in [1.165, 1.54) is 0 Å².